The van der Waals surface area contributed by atoms with Crippen molar-refractivity contribution in [3.63, 3.8) is 0 Å². The molecule has 3 aromatic rings. The summed E-state index contributed by atoms with van der Waals surface area (Å²) in [5, 5.41) is 15.3. The van der Waals surface area contributed by atoms with Gasteiger partial charge in [-0.2, -0.15) is 4.98 Å². The molecule has 31 heavy (non-hydrogen) atoms. The van der Waals surface area contributed by atoms with E-state index in [4.69, 9.17) is 4.98 Å². The summed E-state index contributed by atoms with van der Waals surface area (Å²) in [7, 11) is 0. The van der Waals surface area contributed by atoms with Crippen LogP contribution in [0.4, 0.5) is 11.8 Å². The first kappa shape index (κ1) is 19.9. The Balaban J connectivity index is 1.39. The maximum absolute atomic E-state index is 13.5. The van der Waals surface area contributed by atoms with Crippen LogP contribution in [0.25, 0.3) is 10.8 Å². The number of rotatable bonds is 6. The summed E-state index contributed by atoms with van der Waals surface area (Å²) in [4.78, 5) is 24.4. The van der Waals surface area contributed by atoms with Gasteiger partial charge in [0.05, 0.1) is 6.10 Å². The van der Waals surface area contributed by atoms with E-state index in [-0.39, 0.29) is 18.1 Å². The Labute approximate surface area is 182 Å². The quantitative estimate of drug-likeness (QED) is 0.623. The molecule has 0 aliphatic heterocycles. The van der Waals surface area contributed by atoms with Gasteiger partial charge < -0.3 is 10.4 Å². The Morgan fingerprint density at radius 2 is 1.77 bits per heavy atom. The van der Waals surface area contributed by atoms with E-state index < -0.39 is 0 Å². The SMILES string of the molecule is O=C(c1ccc2ccccc2c1)N(CC1CC1)c1ccnc(NC2CCC(O)CC2)n1. The highest BCUT2D eigenvalue weighted by molar-refractivity contribution is 6.07. The van der Waals surface area contributed by atoms with Crippen molar-refractivity contribution in [2.24, 2.45) is 5.92 Å². The van der Waals surface area contributed by atoms with Gasteiger partial charge in [0.2, 0.25) is 5.95 Å². The number of aliphatic hydroxyl groups is 1. The molecule has 0 unspecified atom stereocenters. The molecule has 2 fully saturated rings. The Morgan fingerprint density at radius 3 is 2.55 bits per heavy atom. The van der Waals surface area contributed by atoms with Gasteiger partial charge in [-0.15, -0.1) is 0 Å². The van der Waals surface area contributed by atoms with E-state index in [0.717, 1.165) is 49.3 Å². The number of fused-ring (bicyclic) bond motifs is 1. The van der Waals surface area contributed by atoms with Gasteiger partial charge in [0.1, 0.15) is 5.82 Å². The van der Waals surface area contributed by atoms with Crippen LogP contribution in [0.15, 0.2) is 54.7 Å². The molecule has 2 aliphatic carbocycles. The van der Waals surface area contributed by atoms with Crippen LogP contribution in [0.1, 0.15) is 48.9 Å². The Bertz CT molecular complexity index is 1070. The van der Waals surface area contributed by atoms with Crippen LogP contribution in [0.5, 0.6) is 0 Å². The average Bonchev–Trinajstić information content (AvgIpc) is 3.63. The van der Waals surface area contributed by atoms with Crippen molar-refractivity contribution in [2.45, 2.75) is 50.7 Å². The van der Waals surface area contributed by atoms with E-state index in [1.807, 2.05) is 42.5 Å². The maximum atomic E-state index is 13.5. The summed E-state index contributed by atoms with van der Waals surface area (Å²) >= 11 is 0. The molecule has 5 rings (SSSR count). The van der Waals surface area contributed by atoms with Crippen LogP contribution in [0, 0.1) is 5.92 Å². The molecule has 0 spiro atoms. The lowest BCUT2D eigenvalue weighted by atomic mass is 9.93. The van der Waals surface area contributed by atoms with E-state index in [9.17, 15) is 9.90 Å². The first-order chi connectivity index (χ1) is 15.2. The first-order valence-corrected chi connectivity index (χ1v) is 11.2. The van der Waals surface area contributed by atoms with Crippen LogP contribution >= 0.6 is 0 Å². The zero-order valence-electron chi connectivity index (χ0n) is 17.6. The number of aliphatic hydroxyl groups excluding tert-OH is 1. The predicted molar refractivity (Wildman–Crippen MR) is 122 cm³/mol. The summed E-state index contributed by atoms with van der Waals surface area (Å²) in [6.07, 6.45) is 7.23. The van der Waals surface area contributed by atoms with Crippen LogP contribution in [-0.2, 0) is 0 Å². The lowest BCUT2D eigenvalue weighted by Gasteiger charge is -2.27. The average molecular weight is 417 g/mol. The minimum absolute atomic E-state index is 0.0249. The standard InChI is InChI=1S/C25H28N4O2/c30-22-11-9-21(10-12-22)27-25-26-14-13-23(28-25)29(16-17-5-6-17)24(31)20-8-7-18-3-1-2-4-19(18)15-20/h1-4,7-8,13-15,17,21-22,30H,5-6,9-12,16H2,(H,26,27,28). The summed E-state index contributed by atoms with van der Waals surface area (Å²) in [5.41, 5.74) is 0.675. The van der Waals surface area contributed by atoms with Crippen molar-refractivity contribution >= 4 is 28.4 Å². The van der Waals surface area contributed by atoms with Crippen LogP contribution in [0.2, 0.25) is 0 Å². The van der Waals surface area contributed by atoms with Crippen LogP contribution < -0.4 is 10.2 Å². The molecule has 0 saturated heterocycles. The topological polar surface area (TPSA) is 78.4 Å². The number of hydrogen-bond donors (Lipinski definition) is 2. The van der Waals surface area contributed by atoms with E-state index in [2.05, 4.69) is 16.4 Å². The van der Waals surface area contributed by atoms with Crippen molar-refractivity contribution in [2.75, 3.05) is 16.8 Å². The number of amides is 1. The number of anilines is 2. The van der Waals surface area contributed by atoms with E-state index in [0.29, 0.717) is 29.8 Å². The fraction of sp³-hybridized carbons (Fsp3) is 0.400. The van der Waals surface area contributed by atoms with Gasteiger partial charge in [-0.3, -0.25) is 9.69 Å². The maximum Gasteiger partial charge on any atom is 0.259 e. The lowest BCUT2D eigenvalue weighted by molar-refractivity contribution is 0.0985. The van der Waals surface area contributed by atoms with Gasteiger partial charge in [0, 0.05) is 24.3 Å². The molecule has 0 bridgehead atoms. The van der Waals surface area contributed by atoms with Gasteiger partial charge in [-0.05, 0) is 73.4 Å². The largest absolute Gasteiger partial charge is 0.393 e. The number of carbonyl (C=O) groups is 1. The zero-order chi connectivity index (χ0) is 21.2. The minimum Gasteiger partial charge on any atom is -0.393 e. The van der Waals surface area contributed by atoms with Crippen LogP contribution in [0.3, 0.4) is 0 Å². The molecule has 0 radical (unpaired) electrons. The highest BCUT2D eigenvalue weighted by Gasteiger charge is 2.29. The third kappa shape index (κ3) is 4.69. The Morgan fingerprint density at radius 1 is 1.00 bits per heavy atom. The second-order valence-electron chi connectivity index (χ2n) is 8.81. The van der Waals surface area contributed by atoms with Crippen molar-refractivity contribution in [1.29, 1.82) is 0 Å². The second kappa shape index (κ2) is 8.63. The third-order valence-electron chi connectivity index (χ3n) is 6.33. The minimum atomic E-state index is -0.195. The fourth-order valence-corrected chi connectivity index (χ4v) is 4.29. The third-order valence-corrected chi connectivity index (χ3v) is 6.33. The molecular weight excluding hydrogens is 388 g/mol. The fourth-order valence-electron chi connectivity index (χ4n) is 4.29. The molecule has 6 heteroatoms. The molecule has 160 valence electrons. The van der Waals surface area contributed by atoms with Crippen molar-refractivity contribution in [3.05, 3.63) is 60.3 Å². The highest BCUT2D eigenvalue weighted by atomic mass is 16.3. The molecule has 2 aromatic carbocycles. The molecule has 1 aromatic heterocycles. The summed E-state index contributed by atoms with van der Waals surface area (Å²) in [6.45, 7) is 0.678. The summed E-state index contributed by atoms with van der Waals surface area (Å²) < 4.78 is 0. The lowest BCUT2D eigenvalue weighted by Crippen LogP contribution is -2.34. The molecule has 2 N–H and O–H groups in total. The Kier molecular flexibility index (Phi) is 5.55. The smallest absolute Gasteiger partial charge is 0.259 e. The normalized spacial score (nSPS) is 21.1. The second-order valence-corrected chi connectivity index (χ2v) is 8.81. The summed E-state index contributed by atoms with van der Waals surface area (Å²) in [5.74, 6) is 1.70. The molecule has 6 nitrogen and oxygen atoms in total. The van der Waals surface area contributed by atoms with Crippen molar-refractivity contribution in [1.82, 2.24) is 9.97 Å². The summed E-state index contributed by atoms with van der Waals surface area (Å²) in [6, 6.07) is 16.0. The molecule has 1 heterocycles. The van der Waals surface area contributed by atoms with Gasteiger partial charge in [0.15, 0.2) is 0 Å². The molecule has 2 saturated carbocycles. The van der Waals surface area contributed by atoms with Crippen molar-refractivity contribution in [3.8, 4) is 0 Å². The number of nitrogens with zero attached hydrogens (tertiary/aromatic N) is 3. The van der Waals surface area contributed by atoms with Gasteiger partial charge in [0.25, 0.3) is 5.91 Å². The zero-order valence-corrected chi connectivity index (χ0v) is 17.6. The van der Waals surface area contributed by atoms with Gasteiger partial charge in [-0.25, -0.2) is 4.98 Å². The van der Waals surface area contributed by atoms with Gasteiger partial charge in [-0.1, -0.05) is 30.3 Å². The molecular formula is C25H28N4O2. The van der Waals surface area contributed by atoms with Gasteiger partial charge >= 0.3 is 0 Å². The molecule has 0 atom stereocenters. The highest BCUT2D eigenvalue weighted by Crippen LogP contribution is 2.32. The molecule has 1 amide bonds. The number of carbonyl (C=O) groups excluding carboxylic acids is 1. The first-order valence-electron chi connectivity index (χ1n) is 11.2. The van der Waals surface area contributed by atoms with E-state index in [1.54, 1.807) is 11.1 Å². The number of hydrogen-bond acceptors (Lipinski definition) is 5. The molecule has 2 aliphatic rings. The number of nitrogens with one attached hydrogen (secondary N) is 1. The number of aromatic nitrogens is 2. The predicted octanol–water partition coefficient (Wildman–Crippen LogP) is 4.40. The van der Waals surface area contributed by atoms with Crippen LogP contribution in [-0.4, -0.2) is 39.7 Å². The number of benzene rings is 2. The van der Waals surface area contributed by atoms with E-state index >= 15 is 0 Å². The Hall–Kier alpha value is -2.99. The monoisotopic (exact) mass is 416 g/mol. The van der Waals surface area contributed by atoms with Crippen molar-refractivity contribution < 1.29 is 9.90 Å². The van der Waals surface area contributed by atoms with E-state index in [1.165, 1.54) is 0 Å².